The standard InChI is InChI=1S/C78H67N5O/c1-76(2,3)50-39-40-79-73(44-50)83-70-38-35-54(82-68-32-16-14-27-62(68)63-28-15-17-33-69(63)82)46-67(70)64-37-36-56(47-72(64)83)84-55-22-18-21-53(45-55)80-48-81-74-57(49-41-51(77(4,5)6)43-52(42-49)78(7,8)9)29-19-30-65(74)60-25-12-10-23-58(60)59-24-11-13-26-61(59)66-31-20-34-71(80)75(66)81/h10-47H,48H2,1-9H3/i4D3,5D3,6D3. The van der Waals surface area contributed by atoms with Gasteiger partial charge in [-0.25, -0.2) is 4.98 Å². The number of benzene rings is 10. The van der Waals surface area contributed by atoms with Gasteiger partial charge < -0.3 is 18.8 Å². The van der Waals surface area contributed by atoms with Gasteiger partial charge in [0, 0.05) is 79.9 Å². The van der Waals surface area contributed by atoms with Crippen molar-refractivity contribution in [2.75, 3.05) is 4.90 Å². The lowest BCUT2D eigenvalue weighted by molar-refractivity contribution is 0.483. The Morgan fingerprint density at radius 1 is 0.393 bits per heavy atom. The summed E-state index contributed by atoms with van der Waals surface area (Å²) in [5.74, 6) is 2.05. The van der Waals surface area contributed by atoms with E-state index >= 15 is 0 Å². The van der Waals surface area contributed by atoms with Crippen LogP contribution in [0.4, 0.5) is 11.4 Å². The molecule has 410 valence electrons. The maximum Gasteiger partial charge on any atom is 0.137 e. The number of fused-ring (bicyclic) bond motifs is 13. The van der Waals surface area contributed by atoms with Crippen LogP contribution in [0.1, 0.15) is 91.1 Å². The molecule has 14 aromatic rings. The number of anilines is 2. The molecule has 6 nitrogen and oxygen atoms in total. The van der Waals surface area contributed by atoms with Crippen molar-refractivity contribution in [3.63, 3.8) is 0 Å². The molecule has 1 aliphatic rings. The summed E-state index contributed by atoms with van der Waals surface area (Å²) in [6.45, 7) is 2.38. The van der Waals surface area contributed by atoms with Gasteiger partial charge in [-0.15, -0.1) is 0 Å². The van der Waals surface area contributed by atoms with E-state index in [2.05, 4.69) is 203 Å². The number of para-hydroxylation sites is 4. The summed E-state index contributed by atoms with van der Waals surface area (Å²) in [7, 11) is 0. The molecule has 0 aliphatic carbocycles. The minimum atomic E-state index is -3.48. The van der Waals surface area contributed by atoms with E-state index in [-0.39, 0.29) is 11.0 Å². The molecule has 0 radical (unpaired) electrons. The molecule has 0 bridgehead atoms. The van der Waals surface area contributed by atoms with E-state index in [1.165, 1.54) is 22.9 Å². The molecule has 0 unspecified atom stereocenters. The van der Waals surface area contributed by atoms with Crippen LogP contribution in [0.25, 0.3) is 110 Å². The number of aromatic nitrogens is 4. The first kappa shape index (κ1) is 42.2. The Morgan fingerprint density at radius 3 is 1.62 bits per heavy atom. The first-order chi connectivity index (χ1) is 44.3. The van der Waals surface area contributed by atoms with Crippen LogP contribution in [0.15, 0.2) is 231 Å². The van der Waals surface area contributed by atoms with Crippen LogP contribution >= 0.6 is 0 Å². The smallest absolute Gasteiger partial charge is 0.137 e. The van der Waals surface area contributed by atoms with E-state index in [4.69, 9.17) is 22.1 Å². The number of pyridine rings is 1. The molecule has 0 spiro atoms. The Kier molecular flexibility index (Phi) is 9.52. The van der Waals surface area contributed by atoms with Gasteiger partial charge in [0.1, 0.15) is 24.0 Å². The van der Waals surface area contributed by atoms with Crippen LogP contribution < -0.4 is 9.64 Å². The van der Waals surface area contributed by atoms with Gasteiger partial charge in [-0.2, -0.15) is 0 Å². The molecule has 0 atom stereocenters. The first-order valence-electron chi connectivity index (χ1n) is 33.3. The quantitative estimate of drug-likeness (QED) is 0.167. The van der Waals surface area contributed by atoms with Gasteiger partial charge in [0.05, 0.1) is 38.8 Å². The van der Waals surface area contributed by atoms with E-state index in [0.29, 0.717) is 34.9 Å². The Hall–Kier alpha value is -9.65. The van der Waals surface area contributed by atoms with Gasteiger partial charge in [0.2, 0.25) is 0 Å². The Bertz CT molecular complexity index is 5390. The summed E-state index contributed by atoms with van der Waals surface area (Å²) < 4.78 is 93.7. The summed E-state index contributed by atoms with van der Waals surface area (Å²) in [6, 6.07) is 76.6. The molecule has 5 heterocycles. The van der Waals surface area contributed by atoms with E-state index in [0.717, 1.165) is 105 Å². The van der Waals surface area contributed by atoms with Crippen molar-refractivity contribution in [3.05, 3.63) is 247 Å². The zero-order valence-electron chi connectivity index (χ0n) is 56.8. The van der Waals surface area contributed by atoms with Crippen LogP contribution in [0.3, 0.4) is 0 Å². The molecule has 0 saturated carbocycles. The van der Waals surface area contributed by atoms with Gasteiger partial charge in [-0.1, -0.05) is 202 Å². The highest BCUT2D eigenvalue weighted by Crippen LogP contribution is 2.47. The monoisotopic (exact) mass is 1100 g/mol. The van der Waals surface area contributed by atoms with Crippen molar-refractivity contribution in [2.45, 2.75) is 85.0 Å². The third kappa shape index (κ3) is 8.32. The predicted molar refractivity (Wildman–Crippen MR) is 355 cm³/mol. The van der Waals surface area contributed by atoms with Crippen LogP contribution in [-0.2, 0) is 22.9 Å². The van der Waals surface area contributed by atoms with E-state index < -0.39 is 31.4 Å². The molecule has 0 saturated heterocycles. The van der Waals surface area contributed by atoms with Crippen molar-refractivity contribution >= 4 is 98.3 Å². The van der Waals surface area contributed by atoms with Gasteiger partial charge in [-0.05, 0) is 133 Å². The third-order valence-corrected chi connectivity index (χ3v) is 17.2. The summed E-state index contributed by atoms with van der Waals surface area (Å²) in [5, 5.41) is 10.3. The second-order valence-corrected chi connectivity index (χ2v) is 24.6. The fraction of sp³-hybridized carbons (Fsp3) is 0.167. The molecule has 15 rings (SSSR count). The Morgan fingerprint density at radius 2 is 0.952 bits per heavy atom. The maximum absolute atomic E-state index is 8.86. The summed E-state index contributed by atoms with van der Waals surface area (Å²) in [5.41, 5.74) is 7.26. The predicted octanol–water partition coefficient (Wildman–Crippen LogP) is 21.3. The molecule has 1 aliphatic heterocycles. The van der Waals surface area contributed by atoms with Gasteiger partial charge >= 0.3 is 0 Å². The number of hydrogen-bond donors (Lipinski definition) is 0. The molecule has 4 aromatic heterocycles. The van der Waals surface area contributed by atoms with Gasteiger partial charge in [-0.3, -0.25) is 4.57 Å². The lowest BCUT2D eigenvalue weighted by Gasteiger charge is -2.27. The van der Waals surface area contributed by atoms with Gasteiger partial charge in [0.25, 0.3) is 0 Å². The molecule has 84 heavy (non-hydrogen) atoms. The molecule has 10 aromatic carbocycles. The molecular formula is C78H67N5O. The highest BCUT2D eigenvalue weighted by Gasteiger charge is 2.28. The van der Waals surface area contributed by atoms with Crippen LogP contribution in [0, 0.1) is 0 Å². The van der Waals surface area contributed by atoms with Crippen LogP contribution in [-0.4, -0.2) is 18.7 Å². The lowest BCUT2D eigenvalue weighted by Crippen LogP contribution is -2.17. The molecule has 0 fully saturated rings. The summed E-state index contributed by atoms with van der Waals surface area (Å²) in [4.78, 5) is 7.31. The van der Waals surface area contributed by atoms with E-state index in [9.17, 15) is 0 Å². The maximum atomic E-state index is 8.86. The highest BCUT2D eigenvalue weighted by atomic mass is 16.5. The largest absolute Gasteiger partial charge is 0.457 e. The zero-order chi connectivity index (χ0) is 64.9. The Labute approximate surface area is 503 Å². The van der Waals surface area contributed by atoms with Crippen molar-refractivity contribution < 1.29 is 17.1 Å². The molecule has 0 amide bonds. The highest BCUT2D eigenvalue weighted by molar-refractivity contribution is 6.22. The second-order valence-electron chi connectivity index (χ2n) is 24.6. The third-order valence-electron chi connectivity index (χ3n) is 17.2. The lowest BCUT2D eigenvalue weighted by atomic mass is 9.78. The first-order valence-corrected chi connectivity index (χ1v) is 28.8. The molecule has 0 N–H and O–H groups in total. The average molecular weight is 1100 g/mol. The zero-order valence-corrected chi connectivity index (χ0v) is 47.8. The van der Waals surface area contributed by atoms with Crippen molar-refractivity contribution in [2.24, 2.45) is 0 Å². The minimum absolute atomic E-state index is 0.129. The minimum Gasteiger partial charge on any atom is -0.457 e. The average Bonchev–Trinajstić information content (AvgIpc) is 1.10. The molecular weight excluding hydrogens is 1020 g/mol. The van der Waals surface area contributed by atoms with Crippen molar-refractivity contribution in [3.8, 4) is 34.1 Å². The normalized spacial score (nSPS) is 15.0. The summed E-state index contributed by atoms with van der Waals surface area (Å²) in [6.07, 6.45) is 1.90. The van der Waals surface area contributed by atoms with E-state index in [1.807, 2.05) is 75.5 Å². The van der Waals surface area contributed by atoms with Gasteiger partial charge in [0.15, 0.2) is 0 Å². The fourth-order valence-electron chi connectivity index (χ4n) is 13.1. The van der Waals surface area contributed by atoms with Crippen molar-refractivity contribution in [1.82, 2.24) is 18.7 Å². The summed E-state index contributed by atoms with van der Waals surface area (Å²) >= 11 is 0. The van der Waals surface area contributed by atoms with Crippen molar-refractivity contribution in [1.29, 1.82) is 0 Å². The number of nitrogens with zero attached hydrogens (tertiary/aromatic N) is 5. The number of ether oxygens (including phenoxy) is 1. The van der Waals surface area contributed by atoms with Crippen LogP contribution in [0.5, 0.6) is 11.5 Å². The number of rotatable bonds is 6. The Balaban J connectivity index is 0.917. The van der Waals surface area contributed by atoms with E-state index in [1.54, 1.807) is 0 Å². The topological polar surface area (TPSA) is 40.1 Å². The second kappa shape index (κ2) is 18.9. The molecule has 6 heteroatoms. The SMILES string of the molecule is [2H]C([2H])([2H])C(c1cc(-c2cccc3c4ccccc4c4ccccc4c4cccc5c4n(c23)CN5c2cccc(Oc3ccc4c5cc(-n6c7ccccc7c7ccccc76)ccc5n(-c5cc(C(C)(C)C)ccn5)c4c3)c2)cc(C(C)(C)C)c1)(C([2H])([2H])[2H])C([2H])([2H])[2H]. The fourth-order valence-corrected chi connectivity index (χ4v) is 13.1. The number of hydrogen-bond acceptors (Lipinski definition) is 3. The van der Waals surface area contributed by atoms with Crippen LogP contribution in [0.2, 0.25) is 0 Å².